The number of nitrogens with zero attached hydrogens (tertiary/aromatic N) is 1. The lowest BCUT2D eigenvalue weighted by Crippen LogP contribution is -2.37. The van der Waals surface area contributed by atoms with Crippen molar-refractivity contribution in [1.82, 2.24) is 10.2 Å². The van der Waals surface area contributed by atoms with Crippen molar-refractivity contribution in [1.29, 1.82) is 0 Å². The van der Waals surface area contributed by atoms with E-state index in [9.17, 15) is 14.4 Å². The van der Waals surface area contributed by atoms with Gasteiger partial charge in [-0.05, 0) is 42.8 Å². The largest absolute Gasteiger partial charge is 0.373 e. The molecule has 0 radical (unpaired) electrons. The van der Waals surface area contributed by atoms with Crippen LogP contribution in [-0.4, -0.2) is 16.2 Å². The number of benzene rings is 2. The maximum Gasteiger partial charge on any atom is 0.316 e. The topological polar surface area (TPSA) is 142 Å². The third-order valence-corrected chi connectivity index (χ3v) is 4.63. The van der Waals surface area contributed by atoms with E-state index >= 15 is 0 Å². The normalized spacial score (nSPS) is 12.0. The second kappa shape index (κ2) is 7.12. The fourth-order valence-corrected chi connectivity index (χ4v) is 3.14. The summed E-state index contributed by atoms with van der Waals surface area (Å²) >= 11 is 0. The van der Waals surface area contributed by atoms with Crippen molar-refractivity contribution >= 4 is 39.7 Å². The van der Waals surface area contributed by atoms with E-state index in [1.807, 2.05) is 25.1 Å². The predicted molar refractivity (Wildman–Crippen MR) is 112 cm³/mol. The van der Waals surface area contributed by atoms with Crippen LogP contribution < -0.4 is 32.5 Å². The Hall–Kier alpha value is -4.14. The fraction of sp³-hybridized carbons (Fsp3) is 0.100. The predicted octanol–water partition coefficient (Wildman–Crippen LogP) is 2.57. The molecular formula is C20H18N6O3. The van der Waals surface area contributed by atoms with E-state index in [0.29, 0.717) is 11.4 Å². The van der Waals surface area contributed by atoms with Crippen LogP contribution in [0, 0.1) is 0 Å². The molecule has 2 amide bonds. The van der Waals surface area contributed by atoms with E-state index < -0.39 is 16.9 Å². The smallest absolute Gasteiger partial charge is 0.316 e. The Morgan fingerprint density at radius 3 is 2.66 bits per heavy atom. The van der Waals surface area contributed by atoms with Gasteiger partial charge < -0.3 is 21.7 Å². The highest BCUT2D eigenvalue weighted by atomic mass is 16.2. The number of hydrogen-bond donors (Lipinski definition) is 5. The Morgan fingerprint density at radius 2 is 1.86 bits per heavy atom. The summed E-state index contributed by atoms with van der Waals surface area (Å²) in [6.45, 7) is 1.85. The summed E-state index contributed by atoms with van der Waals surface area (Å²) in [5.41, 5.74) is 7.35. The highest BCUT2D eigenvalue weighted by molar-refractivity contribution is 5.88. The first-order chi connectivity index (χ1) is 13.9. The van der Waals surface area contributed by atoms with E-state index in [0.717, 1.165) is 16.5 Å². The number of H-pyrrole nitrogens is 1. The molecule has 9 heteroatoms. The van der Waals surface area contributed by atoms with Crippen LogP contribution in [0.1, 0.15) is 18.5 Å². The van der Waals surface area contributed by atoms with Crippen molar-refractivity contribution in [2.24, 2.45) is 5.73 Å². The molecule has 1 atom stereocenters. The van der Waals surface area contributed by atoms with E-state index in [1.54, 1.807) is 30.5 Å². The van der Waals surface area contributed by atoms with Gasteiger partial charge in [0.2, 0.25) is 0 Å². The van der Waals surface area contributed by atoms with Crippen LogP contribution >= 0.6 is 0 Å². The van der Waals surface area contributed by atoms with Gasteiger partial charge in [0.25, 0.3) is 10.9 Å². The van der Waals surface area contributed by atoms with Gasteiger partial charge in [-0.1, -0.05) is 12.1 Å². The highest BCUT2D eigenvalue weighted by Gasteiger charge is 2.23. The van der Waals surface area contributed by atoms with E-state index in [2.05, 4.69) is 26.1 Å². The Labute approximate surface area is 164 Å². The van der Waals surface area contributed by atoms with E-state index in [4.69, 9.17) is 5.73 Å². The van der Waals surface area contributed by atoms with Crippen molar-refractivity contribution in [3.05, 3.63) is 74.7 Å². The summed E-state index contributed by atoms with van der Waals surface area (Å²) in [5.74, 6) is 0. The number of fused-ring (bicyclic) bond motifs is 1. The van der Waals surface area contributed by atoms with E-state index in [-0.39, 0.29) is 17.4 Å². The SMILES string of the molecule is C[C@H](Nc1c(Nc2ccc3[nH]ncc3c2)c(=O)c1=O)c1cccc(NC(N)=O)c1. The van der Waals surface area contributed by atoms with Crippen LogP contribution in [0.5, 0.6) is 0 Å². The van der Waals surface area contributed by atoms with Gasteiger partial charge >= 0.3 is 6.03 Å². The first-order valence-electron chi connectivity index (χ1n) is 8.89. The zero-order chi connectivity index (χ0) is 20.5. The van der Waals surface area contributed by atoms with Crippen LogP contribution in [-0.2, 0) is 0 Å². The van der Waals surface area contributed by atoms with Crippen molar-refractivity contribution in [2.45, 2.75) is 13.0 Å². The van der Waals surface area contributed by atoms with Crippen LogP contribution in [0.4, 0.5) is 27.5 Å². The molecule has 1 aromatic heterocycles. The first kappa shape index (κ1) is 18.2. The lowest BCUT2D eigenvalue weighted by Gasteiger charge is -2.20. The number of carbonyl (C=O) groups excluding carboxylic acids is 1. The Morgan fingerprint density at radius 1 is 1.07 bits per heavy atom. The number of aromatic amines is 1. The molecule has 0 saturated carbocycles. The number of hydrogen-bond acceptors (Lipinski definition) is 6. The molecule has 0 aliphatic carbocycles. The van der Waals surface area contributed by atoms with Gasteiger partial charge in [-0.15, -0.1) is 0 Å². The third-order valence-electron chi connectivity index (χ3n) is 4.63. The van der Waals surface area contributed by atoms with Crippen molar-refractivity contribution in [2.75, 3.05) is 16.0 Å². The summed E-state index contributed by atoms with van der Waals surface area (Å²) in [4.78, 5) is 35.2. The van der Waals surface area contributed by atoms with Gasteiger partial charge in [-0.25, -0.2) is 4.79 Å². The maximum atomic E-state index is 12.1. The Balaban J connectivity index is 1.55. The molecule has 0 spiro atoms. The average molecular weight is 390 g/mol. The average Bonchev–Trinajstić information content (AvgIpc) is 3.17. The minimum atomic E-state index is -0.661. The minimum Gasteiger partial charge on any atom is -0.373 e. The monoisotopic (exact) mass is 390 g/mol. The van der Waals surface area contributed by atoms with Crippen molar-refractivity contribution < 1.29 is 4.79 Å². The number of urea groups is 1. The fourth-order valence-electron chi connectivity index (χ4n) is 3.14. The second-order valence-electron chi connectivity index (χ2n) is 6.69. The maximum absolute atomic E-state index is 12.1. The number of anilines is 4. The summed E-state index contributed by atoms with van der Waals surface area (Å²) in [6.07, 6.45) is 1.68. The number of nitrogens with two attached hydrogens (primary N) is 1. The highest BCUT2D eigenvalue weighted by Crippen LogP contribution is 2.27. The summed E-state index contributed by atoms with van der Waals surface area (Å²) in [5, 5.41) is 16.3. The van der Waals surface area contributed by atoms with Crippen LogP contribution in [0.3, 0.4) is 0 Å². The lowest BCUT2D eigenvalue weighted by molar-refractivity contribution is 0.259. The molecule has 4 rings (SSSR count). The third kappa shape index (κ3) is 3.53. The summed E-state index contributed by atoms with van der Waals surface area (Å²) in [6, 6.07) is 11.6. The van der Waals surface area contributed by atoms with Gasteiger partial charge in [0.05, 0.1) is 11.7 Å². The number of rotatable bonds is 6. The Kier molecular flexibility index (Phi) is 4.47. The molecule has 6 N–H and O–H groups in total. The molecule has 0 aliphatic heterocycles. The molecule has 0 fully saturated rings. The molecule has 0 aliphatic rings. The molecule has 146 valence electrons. The number of primary amides is 1. The van der Waals surface area contributed by atoms with Gasteiger partial charge in [-0.3, -0.25) is 14.7 Å². The lowest BCUT2D eigenvalue weighted by atomic mass is 10.1. The number of nitrogens with one attached hydrogen (secondary N) is 4. The molecule has 4 aromatic rings. The van der Waals surface area contributed by atoms with Crippen molar-refractivity contribution in [3.63, 3.8) is 0 Å². The molecule has 0 bridgehead atoms. The minimum absolute atomic E-state index is 0.219. The molecule has 3 aromatic carbocycles. The zero-order valence-corrected chi connectivity index (χ0v) is 15.4. The molecular weight excluding hydrogens is 372 g/mol. The second-order valence-corrected chi connectivity index (χ2v) is 6.69. The zero-order valence-electron chi connectivity index (χ0n) is 15.4. The van der Waals surface area contributed by atoms with Gasteiger partial charge in [0, 0.05) is 22.8 Å². The molecule has 29 heavy (non-hydrogen) atoms. The molecule has 0 saturated heterocycles. The van der Waals surface area contributed by atoms with Crippen molar-refractivity contribution in [3.8, 4) is 0 Å². The molecule has 0 unspecified atom stereocenters. The van der Waals surface area contributed by atoms with Crippen LogP contribution in [0.2, 0.25) is 0 Å². The Bertz CT molecular complexity index is 1290. The van der Waals surface area contributed by atoms with Crippen LogP contribution in [0.15, 0.2) is 58.3 Å². The number of aromatic nitrogens is 2. The number of carbonyl (C=O) groups is 1. The van der Waals surface area contributed by atoms with Gasteiger partial charge in [0.15, 0.2) is 0 Å². The summed E-state index contributed by atoms with van der Waals surface area (Å²) < 4.78 is 0. The number of amides is 2. The van der Waals surface area contributed by atoms with Crippen LogP contribution in [0.25, 0.3) is 10.9 Å². The summed E-state index contributed by atoms with van der Waals surface area (Å²) in [7, 11) is 0. The van der Waals surface area contributed by atoms with Gasteiger partial charge in [0.1, 0.15) is 11.4 Å². The van der Waals surface area contributed by atoms with E-state index in [1.165, 1.54) is 0 Å². The standard InChI is InChI=1S/C20H18N6O3/c1-10(11-3-2-4-13(7-11)25-20(21)29)23-16-17(19(28)18(16)27)24-14-5-6-15-12(8-14)9-22-26-15/h2-10,23-24H,1H3,(H,22,26)(H3,21,25,29)/t10-/m0/s1. The first-order valence-corrected chi connectivity index (χ1v) is 8.89. The molecule has 1 heterocycles. The van der Waals surface area contributed by atoms with Gasteiger partial charge in [-0.2, -0.15) is 5.10 Å². The molecule has 9 nitrogen and oxygen atoms in total. The quantitative estimate of drug-likeness (QED) is 0.320.